The third kappa shape index (κ3) is 19.8. The van der Waals surface area contributed by atoms with Crippen molar-refractivity contribution in [3.63, 3.8) is 0 Å². The second kappa shape index (κ2) is 22.3. The zero-order valence-corrected chi connectivity index (χ0v) is 19.4. The zero-order valence-electron chi connectivity index (χ0n) is 18.5. The molecule has 0 spiro atoms. The molecule has 0 bridgehead atoms. The summed E-state index contributed by atoms with van der Waals surface area (Å²) >= 11 is 0. The van der Waals surface area contributed by atoms with E-state index in [4.69, 9.17) is 0 Å². The van der Waals surface area contributed by atoms with Crippen LogP contribution in [0.4, 0.5) is 5.69 Å². The Labute approximate surface area is 174 Å². The molecule has 0 saturated carbocycles. The highest BCUT2D eigenvalue weighted by Gasteiger charge is 2.15. The molecule has 4 nitrogen and oxygen atoms in total. The lowest BCUT2D eigenvalue weighted by atomic mass is 10.1. The Morgan fingerprint density at radius 1 is 0.714 bits per heavy atom. The van der Waals surface area contributed by atoms with Crippen molar-refractivity contribution in [2.75, 3.05) is 25.1 Å². The summed E-state index contributed by atoms with van der Waals surface area (Å²) < 4.78 is 19.5. The number of benzene rings is 1. The smallest absolute Gasteiger partial charge is 0.385 e. The van der Waals surface area contributed by atoms with Gasteiger partial charge in [0, 0.05) is 16.8 Å². The van der Waals surface area contributed by atoms with Gasteiger partial charge in [-0.25, -0.2) is 0 Å². The summed E-state index contributed by atoms with van der Waals surface area (Å²) in [6, 6.07) is 10.5. The molecule has 5 heteroatoms. The van der Waals surface area contributed by atoms with Crippen molar-refractivity contribution in [1.29, 1.82) is 0 Å². The number of hydrogen-bond donors (Lipinski definition) is 1. The van der Waals surface area contributed by atoms with Gasteiger partial charge in [-0.15, -0.1) is 9.05 Å². The van der Waals surface area contributed by atoms with E-state index in [-0.39, 0.29) is 0 Å². The lowest BCUT2D eigenvalue weighted by molar-refractivity contribution is 0.243. The van der Waals surface area contributed by atoms with Crippen LogP contribution in [0, 0.1) is 0 Å². The topological polar surface area (TPSA) is 47.6 Å². The van der Waals surface area contributed by atoms with E-state index in [2.05, 4.69) is 51.6 Å². The molecule has 0 aliphatic rings. The van der Waals surface area contributed by atoms with Gasteiger partial charge in [-0.1, -0.05) is 89.3 Å². The second-order valence-corrected chi connectivity index (χ2v) is 7.85. The third-order valence-corrected chi connectivity index (χ3v) is 5.29. The summed E-state index contributed by atoms with van der Waals surface area (Å²) in [6.45, 7) is 7.82. The summed E-state index contributed by atoms with van der Waals surface area (Å²) in [5.74, 6) is 0. The van der Waals surface area contributed by atoms with Gasteiger partial charge >= 0.3 is 8.25 Å². The molecular weight excluding hydrogens is 369 g/mol. The summed E-state index contributed by atoms with van der Waals surface area (Å²) in [4.78, 5) is 0. The molecule has 0 atom stereocenters. The molecule has 0 heterocycles. The number of hydrogen-bond acceptors (Lipinski definition) is 4. The number of unbranched alkanes of at least 4 members (excludes halogenated alkanes) is 10. The Balaban J connectivity index is 0.000000769. The summed E-state index contributed by atoms with van der Waals surface area (Å²) in [7, 11) is -1.83. The molecule has 0 amide bonds. The van der Waals surface area contributed by atoms with Gasteiger partial charge in [-0.05, 0) is 32.4 Å². The maximum Gasteiger partial charge on any atom is 0.697 e. The molecule has 0 aliphatic carbocycles. The monoisotopic (exact) mass is 412 g/mol. The molecule has 162 valence electrons. The van der Waals surface area contributed by atoms with E-state index < -0.39 is 8.25 Å². The molecule has 1 N–H and O–H groups in total. The van der Waals surface area contributed by atoms with Crippen molar-refractivity contribution in [2.24, 2.45) is 0 Å². The largest absolute Gasteiger partial charge is 0.697 e. The molecular formula is C23H43NO3P+. The van der Waals surface area contributed by atoms with Crippen molar-refractivity contribution >= 4 is 13.9 Å². The first kappa shape index (κ1) is 27.0. The van der Waals surface area contributed by atoms with E-state index in [0.29, 0.717) is 13.2 Å². The van der Waals surface area contributed by atoms with E-state index in [1.165, 1.54) is 76.3 Å². The Morgan fingerprint density at radius 3 is 1.64 bits per heavy atom. The molecule has 1 aromatic rings. The maximum absolute atomic E-state index is 10.3. The highest BCUT2D eigenvalue weighted by atomic mass is 31.1. The van der Waals surface area contributed by atoms with Gasteiger partial charge in [0.25, 0.3) is 0 Å². The van der Waals surface area contributed by atoms with Crippen LogP contribution >= 0.6 is 8.25 Å². The predicted molar refractivity (Wildman–Crippen MR) is 122 cm³/mol. The minimum Gasteiger partial charge on any atom is -0.385 e. The van der Waals surface area contributed by atoms with Crippen LogP contribution in [0.2, 0.25) is 0 Å². The highest BCUT2D eigenvalue weighted by Crippen LogP contribution is 2.21. The van der Waals surface area contributed by atoms with E-state index in [9.17, 15) is 4.57 Å². The Morgan fingerprint density at radius 2 is 1.18 bits per heavy atom. The fourth-order valence-corrected chi connectivity index (χ4v) is 3.32. The van der Waals surface area contributed by atoms with Gasteiger partial charge in [-0.3, -0.25) is 0 Å². The Bertz CT molecular complexity index is 435. The van der Waals surface area contributed by atoms with Crippen LogP contribution in [0.25, 0.3) is 0 Å². The number of rotatable bonds is 17. The molecule has 1 aromatic carbocycles. The number of anilines is 1. The minimum absolute atomic E-state index is 0.440. The number of para-hydroxylation sites is 1. The first-order valence-electron chi connectivity index (χ1n) is 11.3. The fourth-order valence-electron chi connectivity index (χ4n) is 2.83. The van der Waals surface area contributed by atoms with Gasteiger partial charge in [0.2, 0.25) is 0 Å². The maximum atomic E-state index is 10.3. The molecule has 0 aliphatic heterocycles. The van der Waals surface area contributed by atoms with Crippen molar-refractivity contribution < 1.29 is 13.6 Å². The zero-order chi connectivity index (χ0) is 20.7. The first-order valence-corrected chi connectivity index (χ1v) is 12.4. The van der Waals surface area contributed by atoms with Crippen LogP contribution in [0.5, 0.6) is 0 Å². The lowest BCUT2D eigenvalue weighted by Crippen LogP contribution is -2.00. The van der Waals surface area contributed by atoms with Gasteiger partial charge < -0.3 is 5.32 Å². The summed E-state index contributed by atoms with van der Waals surface area (Å²) in [6.07, 6.45) is 15.5. The second-order valence-electron chi connectivity index (χ2n) is 6.89. The van der Waals surface area contributed by atoms with Crippen LogP contribution in [-0.4, -0.2) is 19.8 Å². The van der Waals surface area contributed by atoms with E-state index in [0.717, 1.165) is 6.54 Å². The Hall–Kier alpha value is -0.960. The van der Waals surface area contributed by atoms with Gasteiger partial charge in [0.15, 0.2) is 0 Å². The van der Waals surface area contributed by atoms with Crippen LogP contribution in [0.15, 0.2) is 30.3 Å². The Kier molecular flexibility index (Phi) is 21.6. The van der Waals surface area contributed by atoms with Gasteiger partial charge in [0.05, 0.1) is 0 Å². The number of nitrogens with one attached hydrogen (secondary N) is 1. The molecule has 0 unspecified atom stereocenters. The normalized spacial score (nSPS) is 10.2. The highest BCUT2D eigenvalue weighted by molar-refractivity contribution is 7.33. The van der Waals surface area contributed by atoms with Crippen molar-refractivity contribution in [1.82, 2.24) is 0 Å². The minimum atomic E-state index is -1.83. The average molecular weight is 413 g/mol. The lowest BCUT2D eigenvalue weighted by Gasteiger charge is -2.06. The van der Waals surface area contributed by atoms with Gasteiger partial charge in [0.1, 0.15) is 13.2 Å². The summed E-state index contributed by atoms with van der Waals surface area (Å²) in [5, 5.41) is 3.48. The van der Waals surface area contributed by atoms with Crippen molar-refractivity contribution in [3.05, 3.63) is 30.3 Å². The quantitative estimate of drug-likeness (QED) is 0.207. The van der Waals surface area contributed by atoms with E-state index >= 15 is 0 Å². The standard InChI is InChI=1S/C19H33N.C4H10O3P/c1-2-3-4-5-6-7-8-9-10-11-15-18-20-19-16-13-12-14-17-19;1-3-6-8(5)7-4-2/h12-14,16-17,20H,2-11,15,18H2,1H3;3-4H2,1-2H3/q;+1. The molecule has 0 radical (unpaired) electrons. The molecule has 1 rings (SSSR count). The molecule has 0 saturated heterocycles. The van der Waals surface area contributed by atoms with Crippen LogP contribution in [-0.2, 0) is 13.6 Å². The van der Waals surface area contributed by atoms with Crippen molar-refractivity contribution in [2.45, 2.75) is 91.4 Å². The predicted octanol–water partition coefficient (Wildman–Crippen LogP) is 8.13. The average Bonchev–Trinajstić information content (AvgIpc) is 2.70. The van der Waals surface area contributed by atoms with E-state index in [1.807, 2.05) is 0 Å². The van der Waals surface area contributed by atoms with Crippen LogP contribution < -0.4 is 5.32 Å². The third-order valence-electron chi connectivity index (χ3n) is 4.35. The van der Waals surface area contributed by atoms with Crippen LogP contribution in [0.1, 0.15) is 91.4 Å². The first-order chi connectivity index (χ1) is 13.7. The van der Waals surface area contributed by atoms with E-state index in [1.54, 1.807) is 13.8 Å². The summed E-state index contributed by atoms with van der Waals surface area (Å²) in [5.41, 5.74) is 1.25. The molecule has 28 heavy (non-hydrogen) atoms. The van der Waals surface area contributed by atoms with Gasteiger partial charge in [-0.2, -0.15) is 0 Å². The fraction of sp³-hybridized carbons (Fsp3) is 0.739. The van der Waals surface area contributed by atoms with Crippen molar-refractivity contribution in [3.8, 4) is 0 Å². The SMILES string of the molecule is CCCCCCCCCCCCCNc1ccccc1.CCO[P+](=O)OCC. The van der Waals surface area contributed by atoms with Crippen LogP contribution in [0.3, 0.4) is 0 Å². The molecule has 0 aromatic heterocycles. The molecule has 0 fully saturated rings.